The number of thioether (sulfide) groups is 1. The van der Waals surface area contributed by atoms with Crippen LogP contribution in [0, 0.1) is 12.3 Å². The van der Waals surface area contributed by atoms with E-state index in [0.29, 0.717) is 38.8 Å². The van der Waals surface area contributed by atoms with Crippen molar-refractivity contribution >= 4 is 45.0 Å². The molecule has 1 aliphatic rings. The molecule has 1 fully saturated rings. The van der Waals surface area contributed by atoms with Gasteiger partial charge in [-0.1, -0.05) is 82.1 Å². The van der Waals surface area contributed by atoms with E-state index >= 15 is 0 Å². The predicted molar refractivity (Wildman–Crippen MR) is 148 cm³/mol. The number of amides is 1. The van der Waals surface area contributed by atoms with Gasteiger partial charge in [0, 0.05) is 18.0 Å². The monoisotopic (exact) mass is 525 g/mol. The summed E-state index contributed by atoms with van der Waals surface area (Å²) in [4.78, 5) is 45.5. The Kier molecular flexibility index (Phi) is 8.35. The molecule has 3 aromatic rings. The van der Waals surface area contributed by atoms with Crippen LogP contribution >= 0.6 is 23.1 Å². The molecule has 0 atom stereocenters. The number of Topliss-reactive ketones (excluding diaryl/α,β-unsaturated/α-hetero) is 1. The second-order valence-electron chi connectivity index (χ2n) is 10.6. The van der Waals surface area contributed by atoms with Crippen LogP contribution in [-0.2, 0) is 17.8 Å². The second-order valence-corrected chi connectivity index (χ2v) is 12.5. The lowest BCUT2D eigenvalue weighted by Gasteiger charge is -2.22. The molecule has 36 heavy (non-hydrogen) atoms. The van der Waals surface area contributed by atoms with E-state index in [2.05, 4.69) is 5.32 Å². The van der Waals surface area contributed by atoms with E-state index in [-0.39, 0.29) is 29.0 Å². The second kappa shape index (κ2) is 11.3. The molecule has 1 N–H and O–H groups in total. The third-order valence-corrected chi connectivity index (χ3v) is 8.96. The maximum Gasteiger partial charge on any atom is 0.263 e. The summed E-state index contributed by atoms with van der Waals surface area (Å²) in [7, 11) is 0. The minimum Gasteiger partial charge on any atom is -0.349 e. The summed E-state index contributed by atoms with van der Waals surface area (Å²) in [6, 6.07) is 10.2. The Bertz CT molecular complexity index is 1300. The molecule has 2 heterocycles. The number of ketones is 1. The van der Waals surface area contributed by atoms with E-state index in [1.807, 2.05) is 58.0 Å². The molecule has 0 spiro atoms. The van der Waals surface area contributed by atoms with Crippen LogP contribution in [0.25, 0.3) is 10.2 Å². The zero-order valence-corrected chi connectivity index (χ0v) is 23.2. The molecular weight excluding hydrogens is 490 g/mol. The number of fused-ring (bicyclic) bond motifs is 1. The third-order valence-electron chi connectivity index (χ3n) is 6.80. The lowest BCUT2D eigenvalue weighted by atomic mass is 9.92. The number of carbonyl (C=O) groups excluding carboxylic acids is 2. The number of nitrogens with one attached hydrogen (secondary N) is 1. The number of aryl methyl sites for hydroxylation is 2. The van der Waals surface area contributed by atoms with Crippen molar-refractivity contribution in [2.45, 2.75) is 84.0 Å². The van der Waals surface area contributed by atoms with Gasteiger partial charge < -0.3 is 5.32 Å². The fraction of sp³-hybridized carbons (Fsp3) is 0.500. The number of carbonyl (C=O) groups is 2. The van der Waals surface area contributed by atoms with E-state index in [0.717, 1.165) is 31.2 Å². The number of nitrogens with zero attached hydrogens (tertiary/aromatic N) is 2. The first-order valence-electron chi connectivity index (χ1n) is 12.7. The highest BCUT2D eigenvalue weighted by Gasteiger charge is 2.26. The number of hydrogen-bond donors (Lipinski definition) is 1. The van der Waals surface area contributed by atoms with Gasteiger partial charge in [-0.15, -0.1) is 11.3 Å². The van der Waals surface area contributed by atoms with Crippen LogP contribution < -0.4 is 10.9 Å². The molecule has 0 bridgehead atoms. The van der Waals surface area contributed by atoms with Crippen LogP contribution in [0.5, 0.6) is 0 Å². The summed E-state index contributed by atoms with van der Waals surface area (Å²) in [6.45, 7) is 7.99. The Morgan fingerprint density at radius 2 is 1.83 bits per heavy atom. The standard InChI is InChI=1S/C28H35N3O3S2/c1-18-22-25(36-23(18)24(33)29-20-13-9-6-10-14-20)30-27(35-17-21(32)28(2,3)4)31(26(22)34)16-15-19-11-7-5-8-12-19/h5,7-8,11-12,20H,6,9-10,13-17H2,1-4H3,(H,29,33). The zero-order chi connectivity index (χ0) is 25.9. The molecule has 0 radical (unpaired) electrons. The van der Waals surface area contributed by atoms with Gasteiger partial charge >= 0.3 is 0 Å². The SMILES string of the molecule is Cc1c(C(=O)NC2CCCCC2)sc2nc(SCC(=O)C(C)(C)C)n(CCc3ccccc3)c(=O)c12. The molecule has 0 unspecified atom stereocenters. The average molecular weight is 526 g/mol. The lowest BCUT2D eigenvalue weighted by molar-refractivity contribution is -0.123. The highest BCUT2D eigenvalue weighted by Crippen LogP contribution is 2.31. The molecule has 1 aliphatic carbocycles. The van der Waals surface area contributed by atoms with Crippen LogP contribution in [0.15, 0.2) is 40.3 Å². The highest BCUT2D eigenvalue weighted by atomic mass is 32.2. The number of rotatable bonds is 8. The van der Waals surface area contributed by atoms with Crippen molar-refractivity contribution in [1.29, 1.82) is 0 Å². The Hall–Kier alpha value is -2.45. The van der Waals surface area contributed by atoms with E-state index in [4.69, 9.17) is 4.98 Å². The van der Waals surface area contributed by atoms with Gasteiger partial charge in [0.2, 0.25) is 0 Å². The van der Waals surface area contributed by atoms with Gasteiger partial charge in [0.05, 0.1) is 16.0 Å². The highest BCUT2D eigenvalue weighted by molar-refractivity contribution is 7.99. The topological polar surface area (TPSA) is 81.1 Å². The maximum absolute atomic E-state index is 13.8. The number of aromatic nitrogens is 2. The minimum atomic E-state index is -0.462. The Morgan fingerprint density at radius 3 is 2.50 bits per heavy atom. The Labute approximate surface area is 220 Å². The lowest BCUT2D eigenvalue weighted by Crippen LogP contribution is -2.36. The van der Waals surface area contributed by atoms with Crippen LogP contribution in [-0.4, -0.2) is 33.0 Å². The van der Waals surface area contributed by atoms with Crippen molar-refractivity contribution in [2.24, 2.45) is 5.41 Å². The zero-order valence-electron chi connectivity index (χ0n) is 21.6. The largest absolute Gasteiger partial charge is 0.349 e. The first kappa shape index (κ1) is 26.6. The number of benzene rings is 1. The normalized spacial score (nSPS) is 14.8. The molecule has 6 nitrogen and oxygen atoms in total. The van der Waals surface area contributed by atoms with Gasteiger partial charge in [0.15, 0.2) is 5.16 Å². The van der Waals surface area contributed by atoms with Gasteiger partial charge in [-0.3, -0.25) is 19.0 Å². The first-order chi connectivity index (χ1) is 17.1. The van der Waals surface area contributed by atoms with Crippen molar-refractivity contribution in [2.75, 3.05) is 5.75 Å². The Balaban J connectivity index is 1.68. The van der Waals surface area contributed by atoms with Gasteiger partial charge in [0.1, 0.15) is 10.6 Å². The molecule has 192 valence electrons. The van der Waals surface area contributed by atoms with Gasteiger partial charge in [-0.25, -0.2) is 4.98 Å². The van der Waals surface area contributed by atoms with Crippen LogP contribution in [0.3, 0.4) is 0 Å². The van der Waals surface area contributed by atoms with Crippen molar-refractivity contribution in [1.82, 2.24) is 14.9 Å². The molecule has 0 saturated heterocycles. The fourth-order valence-electron chi connectivity index (χ4n) is 4.45. The van der Waals surface area contributed by atoms with Crippen molar-refractivity contribution in [3.63, 3.8) is 0 Å². The molecular formula is C28H35N3O3S2. The van der Waals surface area contributed by atoms with E-state index in [9.17, 15) is 14.4 Å². The van der Waals surface area contributed by atoms with Gasteiger partial charge in [0.25, 0.3) is 11.5 Å². The van der Waals surface area contributed by atoms with Crippen LogP contribution in [0.1, 0.15) is 73.7 Å². The Morgan fingerprint density at radius 1 is 1.14 bits per heavy atom. The summed E-state index contributed by atoms with van der Waals surface area (Å²) in [5, 5.41) is 4.21. The van der Waals surface area contributed by atoms with E-state index in [1.165, 1.54) is 29.5 Å². The predicted octanol–water partition coefficient (Wildman–Crippen LogP) is 5.78. The molecule has 0 aliphatic heterocycles. The van der Waals surface area contributed by atoms with Crippen molar-refractivity contribution in [3.05, 3.63) is 56.7 Å². The molecule has 1 saturated carbocycles. The summed E-state index contributed by atoms with van der Waals surface area (Å²) in [5.41, 5.74) is 1.21. The van der Waals surface area contributed by atoms with Crippen LogP contribution in [0.2, 0.25) is 0 Å². The first-order valence-corrected chi connectivity index (χ1v) is 14.5. The molecule has 2 aromatic heterocycles. The molecule has 8 heteroatoms. The molecule has 4 rings (SSSR count). The molecule has 1 aromatic carbocycles. The van der Waals surface area contributed by atoms with Gasteiger partial charge in [-0.05, 0) is 37.3 Å². The summed E-state index contributed by atoms with van der Waals surface area (Å²) < 4.78 is 1.68. The average Bonchev–Trinajstić information content (AvgIpc) is 3.19. The molecule has 1 amide bonds. The third kappa shape index (κ3) is 6.09. The van der Waals surface area contributed by atoms with Crippen molar-refractivity contribution < 1.29 is 9.59 Å². The van der Waals surface area contributed by atoms with Crippen LogP contribution in [0.4, 0.5) is 0 Å². The fourth-order valence-corrected chi connectivity index (χ4v) is 6.76. The summed E-state index contributed by atoms with van der Waals surface area (Å²) in [5.74, 6) is 0.229. The summed E-state index contributed by atoms with van der Waals surface area (Å²) >= 11 is 2.58. The van der Waals surface area contributed by atoms with Gasteiger partial charge in [-0.2, -0.15) is 0 Å². The van der Waals surface area contributed by atoms with E-state index < -0.39 is 5.41 Å². The van der Waals surface area contributed by atoms with E-state index in [1.54, 1.807) is 4.57 Å². The maximum atomic E-state index is 13.8. The smallest absolute Gasteiger partial charge is 0.263 e. The summed E-state index contributed by atoms with van der Waals surface area (Å²) in [6.07, 6.45) is 6.17. The quantitative estimate of drug-likeness (QED) is 0.298. The number of hydrogen-bond acceptors (Lipinski definition) is 6. The minimum absolute atomic E-state index is 0.103. The van der Waals surface area contributed by atoms with Crippen molar-refractivity contribution in [3.8, 4) is 0 Å². The number of thiophene rings is 1.